The Balaban J connectivity index is 1.93. The minimum absolute atomic E-state index is 0.0454. The van der Waals surface area contributed by atoms with E-state index in [1.807, 2.05) is 56.6 Å². The molecule has 2 N–H and O–H groups in total. The van der Waals surface area contributed by atoms with Crippen molar-refractivity contribution >= 4 is 29.5 Å². The number of methoxy groups -OCH3 is 2. The van der Waals surface area contributed by atoms with E-state index in [1.165, 1.54) is 11.8 Å². The fraction of sp³-hybridized carbons (Fsp3) is 0.261. The molecule has 0 amide bonds. The zero-order valence-electron chi connectivity index (χ0n) is 18.5. The predicted molar refractivity (Wildman–Crippen MR) is 126 cm³/mol. The summed E-state index contributed by atoms with van der Waals surface area (Å²) in [6.45, 7) is 0.320. The van der Waals surface area contributed by atoms with Gasteiger partial charge < -0.3 is 24.8 Å². The molecular formula is C23H26N4O4S. The van der Waals surface area contributed by atoms with Crippen molar-refractivity contribution in [2.24, 2.45) is 0 Å². The third-order valence-electron chi connectivity index (χ3n) is 4.64. The van der Waals surface area contributed by atoms with Crippen molar-refractivity contribution in [3.8, 4) is 11.5 Å². The highest BCUT2D eigenvalue weighted by molar-refractivity contribution is 7.98. The van der Waals surface area contributed by atoms with Crippen LogP contribution in [0.5, 0.6) is 11.5 Å². The van der Waals surface area contributed by atoms with E-state index in [0.29, 0.717) is 34.8 Å². The van der Waals surface area contributed by atoms with Crippen LogP contribution in [-0.2, 0) is 12.3 Å². The third-order valence-corrected chi connectivity index (χ3v) is 5.68. The van der Waals surface area contributed by atoms with Crippen LogP contribution in [0.25, 0.3) is 0 Å². The lowest BCUT2D eigenvalue weighted by molar-refractivity contribution is 0.0693. The van der Waals surface area contributed by atoms with Crippen molar-refractivity contribution in [3.63, 3.8) is 0 Å². The SMILES string of the molecule is COc1ccc(CNc2nc(N(C)C)nc(SCc3ccccc3)c2C(=O)O)c(OC)c1. The number of aromatic carboxylic acids is 1. The Hall–Kier alpha value is -3.46. The van der Waals surface area contributed by atoms with Crippen LogP contribution < -0.4 is 19.7 Å². The Morgan fingerprint density at radius 2 is 1.84 bits per heavy atom. The summed E-state index contributed by atoms with van der Waals surface area (Å²) in [7, 11) is 6.80. The molecule has 0 radical (unpaired) electrons. The molecule has 1 heterocycles. The Labute approximate surface area is 191 Å². The molecule has 32 heavy (non-hydrogen) atoms. The number of rotatable bonds is 10. The number of anilines is 2. The summed E-state index contributed by atoms with van der Waals surface area (Å²) in [5, 5.41) is 13.5. The maximum atomic E-state index is 12.2. The van der Waals surface area contributed by atoms with Crippen molar-refractivity contribution in [1.82, 2.24) is 9.97 Å². The highest BCUT2D eigenvalue weighted by atomic mass is 32.2. The van der Waals surface area contributed by atoms with Gasteiger partial charge in [-0.05, 0) is 17.7 Å². The molecule has 0 atom stereocenters. The first kappa shape index (κ1) is 23.2. The molecule has 0 unspecified atom stereocenters. The van der Waals surface area contributed by atoms with E-state index in [4.69, 9.17) is 9.47 Å². The van der Waals surface area contributed by atoms with Crippen LogP contribution in [0.3, 0.4) is 0 Å². The third kappa shape index (κ3) is 5.61. The summed E-state index contributed by atoms with van der Waals surface area (Å²) in [4.78, 5) is 22.9. The van der Waals surface area contributed by atoms with E-state index >= 15 is 0 Å². The number of hydrogen-bond donors (Lipinski definition) is 2. The van der Waals surface area contributed by atoms with Gasteiger partial charge in [-0.3, -0.25) is 0 Å². The van der Waals surface area contributed by atoms with Crippen molar-refractivity contribution in [1.29, 1.82) is 0 Å². The molecule has 0 spiro atoms. The second kappa shape index (κ2) is 10.7. The number of hydrogen-bond acceptors (Lipinski definition) is 8. The predicted octanol–water partition coefficient (Wildman–Crippen LogP) is 4.16. The molecule has 0 aliphatic heterocycles. The molecule has 3 rings (SSSR count). The van der Waals surface area contributed by atoms with Gasteiger partial charge in [-0.25, -0.2) is 9.78 Å². The molecule has 0 saturated carbocycles. The summed E-state index contributed by atoms with van der Waals surface area (Å²) < 4.78 is 10.7. The molecule has 0 bridgehead atoms. The van der Waals surface area contributed by atoms with Gasteiger partial charge in [-0.15, -0.1) is 11.8 Å². The van der Waals surface area contributed by atoms with Crippen LogP contribution in [-0.4, -0.2) is 49.4 Å². The van der Waals surface area contributed by atoms with Crippen LogP contribution >= 0.6 is 11.8 Å². The van der Waals surface area contributed by atoms with Gasteiger partial charge >= 0.3 is 5.97 Å². The summed E-state index contributed by atoms with van der Waals surface area (Å²) in [5.74, 6) is 1.49. The number of benzene rings is 2. The highest BCUT2D eigenvalue weighted by Crippen LogP contribution is 2.31. The van der Waals surface area contributed by atoms with Gasteiger partial charge in [-0.1, -0.05) is 30.3 Å². The van der Waals surface area contributed by atoms with Gasteiger partial charge in [0.15, 0.2) is 0 Å². The molecule has 1 aromatic heterocycles. The summed E-state index contributed by atoms with van der Waals surface area (Å²) >= 11 is 1.37. The van der Waals surface area contributed by atoms with Crippen LogP contribution in [0.2, 0.25) is 0 Å². The number of thioether (sulfide) groups is 1. The second-order valence-electron chi connectivity index (χ2n) is 7.06. The van der Waals surface area contributed by atoms with E-state index in [2.05, 4.69) is 15.3 Å². The molecule has 0 aliphatic rings. The van der Waals surface area contributed by atoms with Crippen LogP contribution in [0.15, 0.2) is 53.6 Å². The summed E-state index contributed by atoms with van der Waals surface area (Å²) in [6.07, 6.45) is 0. The van der Waals surface area contributed by atoms with Crippen LogP contribution in [0, 0.1) is 0 Å². The molecule has 8 nitrogen and oxygen atoms in total. The molecular weight excluding hydrogens is 428 g/mol. The normalized spacial score (nSPS) is 10.5. The Bertz CT molecular complexity index is 1080. The number of carbonyl (C=O) groups is 1. The molecule has 2 aromatic carbocycles. The first-order valence-corrected chi connectivity index (χ1v) is 10.9. The van der Waals surface area contributed by atoms with Gasteiger partial charge in [0.05, 0.1) is 14.2 Å². The number of nitrogens with zero attached hydrogens (tertiary/aromatic N) is 3. The molecule has 9 heteroatoms. The Morgan fingerprint density at radius 1 is 1.09 bits per heavy atom. The number of carboxylic acids is 1. The zero-order valence-corrected chi connectivity index (χ0v) is 19.3. The minimum Gasteiger partial charge on any atom is -0.497 e. The van der Waals surface area contributed by atoms with Crippen molar-refractivity contribution < 1.29 is 19.4 Å². The lowest BCUT2D eigenvalue weighted by atomic mass is 10.2. The van der Waals surface area contributed by atoms with E-state index < -0.39 is 5.97 Å². The minimum atomic E-state index is -1.09. The number of aromatic nitrogens is 2. The molecule has 0 saturated heterocycles. The smallest absolute Gasteiger partial charge is 0.342 e. The van der Waals surface area contributed by atoms with E-state index in [0.717, 1.165) is 11.1 Å². The fourth-order valence-electron chi connectivity index (χ4n) is 2.96. The van der Waals surface area contributed by atoms with Gasteiger partial charge in [-0.2, -0.15) is 4.98 Å². The average Bonchev–Trinajstić information content (AvgIpc) is 2.81. The average molecular weight is 455 g/mol. The van der Waals surface area contributed by atoms with Gasteiger partial charge in [0.1, 0.15) is 27.9 Å². The maximum absolute atomic E-state index is 12.2. The number of ether oxygens (including phenoxy) is 2. The highest BCUT2D eigenvalue weighted by Gasteiger charge is 2.22. The summed E-state index contributed by atoms with van der Waals surface area (Å²) in [5.41, 5.74) is 1.97. The molecule has 0 fully saturated rings. The van der Waals surface area contributed by atoms with Gasteiger partial charge in [0.2, 0.25) is 5.95 Å². The van der Waals surface area contributed by atoms with E-state index in [9.17, 15) is 9.90 Å². The first-order chi connectivity index (χ1) is 15.4. The Kier molecular flexibility index (Phi) is 7.77. The van der Waals surface area contributed by atoms with Gasteiger partial charge in [0, 0.05) is 38.0 Å². The summed E-state index contributed by atoms with van der Waals surface area (Å²) in [6, 6.07) is 15.3. The van der Waals surface area contributed by atoms with Crippen molar-refractivity contribution in [3.05, 3.63) is 65.2 Å². The topological polar surface area (TPSA) is 96.8 Å². The monoisotopic (exact) mass is 454 g/mol. The lowest BCUT2D eigenvalue weighted by Crippen LogP contribution is -2.18. The quantitative estimate of drug-likeness (QED) is 0.346. The molecule has 168 valence electrons. The molecule has 0 aliphatic carbocycles. The van der Waals surface area contributed by atoms with Crippen molar-refractivity contribution in [2.75, 3.05) is 38.5 Å². The Morgan fingerprint density at radius 3 is 2.47 bits per heavy atom. The number of carboxylic acid groups (broad SMARTS) is 1. The maximum Gasteiger partial charge on any atom is 0.342 e. The van der Waals surface area contributed by atoms with Crippen LogP contribution in [0.4, 0.5) is 11.8 Å². The van der Waals surface area contributed by atoms with Gasteiger partial charge in [0.25, 0.3) is 0 Å². The fourth-order valence-corrected chi connectivity index (χ4v) is 3.93. The number of nitrogens with one attached hydrogen (secondary N) is 1. The largest absolute Gasteiger partial charge is 0.497 e. The lowest BCUT2D eigenvalue weighted by Gasteiger charge is -2.18. The van der Waals surface area contributed by atoms with Crippen LogP contribution in [0.1, 0.15) is 21.5 Å². The van der Waals surface area contributed by atoms with E-state index in [-0.39, 0.29) is 11.4 Å². The van der Waals surface area contributed by atoms with Crippen molar-refractivity contribution in [2.45, 2.75) is 17.3 Å². The second-order valence-corrected chi connectivity index (χ2v) is 8.02. The first-order valence-electron chi connectivity index (χ1n) is 9.87. The van der Waals surface area contributed by atoms with E-state index in [1.54, 1.807) is 25.2 Å². The molecule has 3 aromatic rings. The zero-order chi connectivity index (χ0) is 23.1. The standard InChI is InChI=1S/C23H26N4O4S/c1-27(2)23-25-20(24-13-16-10-11-17(30-3)12-18(16)31-4)19(22(28)29)21(26-23)32-14-15-8-6-5-7-9-15/h5-12H,13-14H2,1-4H3,(H,28,29)(H,24,25,26).